The molecule has 1 fully saturated rings. The third-order valence-corrected chi connectivity index (χ3v) is 2.63. The Labute approximate surface area is 99.7 Å². The van der Waals surface area contributed by atoms with Gasteiger partial charge in [0.15, 0.2) is 0 Å². The minimum absolute atomic E-state index is 0.00428. The quantitative estimate of drug-likeness (QED) is 0.791. The van der Waals surface area contributed by atoms with Crippen molar-refractivity contribution in [3.63, 3.8) is 0 Å². The highest BCUT2D eigenvalue weighted by Crippen LogP contribution is 2.36. The Morgan fingerprint density at radius 2 is 2.06 bits per heavy atom. The van der Waals surface area contributed by atoms with Gasteiger partial charge in [0.25, 0.3) is 0 Å². The van der Waals surface area contributed by atoms with Gasteiger partial charge in [-0.15, -0.1) is 0 Å². The standard InChI is InChI=1S/C11H9F4NO2/c12-6-1-2-8(11(13,14)15)7(5-6)9-3-4-18-10(17)16-9/h1-2,5,9H,3-4H2,(H,16,17)/t9-/m1/s1. The Kier molecular flexibility index (Phi) is 3.14. The van der Waals surface area contributed by atoms with Gasteiger partial charge in [-0.2, -0.15) is 13.2 Å². The van der Waals surface area contributed by atoms with Crippen molar-refractivity contribution in [3.8, 4) is 0 Å². The maximum absolute atomic E-state index is 13.1. The van der Waals surface area contributed by atoms with E-state index in [1.807, 2.05) is 0 Å². The Bertz CT molecular complexity index is 473. The molecule has 98 valence electrons. The smallest absolute Gasteiger partial charge is 0.416 e. The van der Waals surface area contributed by atoms with Gasteiger partial charge in [0.05, 0.1) is 18.2 Å². The number of hydrogen-bond donors (Lipinski definition) is 1. The number of carbonyl (C=O) groups is 1. The summed E-state index contributed by atoms with van der Waals surface area (Å²) in [6.07, 6.45) is -5.23. The second kappa shape index (κ2) is 4.47. The molecule has 3 nitrogen and oxygen atoms in total. The highest BCUT2D eigenvalue weighted by atomic mass is 19.4. The second-order valence-electron chi connectivity index (χ2n) is 3.85. The van der Waals surface area contributed by atoms with Crippen LogP contribution in [0.2, 0.25) is 0 Å². The summed E-state index contributed by atoms with van der Waals surface area (Å²) in [5, 5.41) is 2.24. The number of hydrogen-bond acceptors (Lipinski definition) is 2. The lowest BCUT2D eigenvalue weighted by molar-refractivity contribution is -0.138. The van der Waals surface area contributed by atoms with E-state index in [2.05, 4.69) is 10.1 Å². The molecule has 1 amide bonds. The lowest BCUT2D eigenvalue weighted by Gasteiger charge is -2.26. The molecule has 0 spiro atoms. The van der Waals surface area contributed by atoms with Gasteiger partial charge in [0, 0.05) is 6.42 Å². The fraction of sp³-hybridized carbons (Fsp3) is 0.364. The predicted molar refractivity (Wildman–Crippen MR) is 53.2 cm³/mol. The van der Waals surface area contributed by atoms with Crippen LogP contribution in [0.15, 0.2) is 18.2 Å². The van der Waals surface area contributed by atoms with E-state index in [4.69, 9.17) is 0 Å². The molecular weight excluding hydrogens is 254 g/mol. The third-order valence-electron chi connectivity index (χ3n) is 2.63. The van der Waals surface area contributed by atoms with Crippen LogP contribution in [0, 0.1) is 5.82 Å². The summed E-state index contributed by atoms with van der Waals surface area (Å²) in [6.45, 7) is 0.00428. The SMILES string of the molecule is O=C1N[C@@H](c2cc(F)ccc2C(F)(F)F)CCO1. The zero-order chi connectivity index (χ0) is 13.3. The van der Waals surface area contributed by atoms with Crippen LogP contribution in [-0.2, 0) is 10.9 Å². The Hall–Kier alpha value is -1.79. The van der Waals surface area contributed by atoms with Gasteiger partial charge in [-0.05, 0) is 23.8 Å². The molecule has 1 heterocycles. The number of carbonyl (C=O) groups excluding carboxylic acids is 1. The number of halogens is 4. The summed E-state index contributed by atoms with van der Waals surface area (Å²) >= 11 is 0. The number of alkyl carbamates (subject to hydrolysis) is 1. The maximum Gasteiger partial charge on any atom is 0.416 e. The van der Waals surface area contributed by atoms with E-state index in [1.54, 1.807) is 0 Å². The summed E-state index contributed by atoms with van der Waals surface area (Å²) in [7, 11) is 0. The van der Waals surface area contributed by atoms with Gasteiger partial charge in [-0.3, -0.25) is 0 Å². The molecule has 1 aromatic rings. The van der Waals surface area contributed by atoms with Crippen LogP contribution in [0.3, 0.4) is 0 Å². The fourth-order valence-electron chi connectivity index (χ4n) is 1.84. The molecule has 0 aromatic heterocycles. The van der Waals surface area contributed by atoms with Crippen LogP contribution in [0.25, 0.3) is 0 Å². The van der Waals surface area contributed by atoms with E-state index in [0.717, 1.165) is 12.1 Å². The number of benzene rings is 1. The molecule has 1 aliphatic heterocycles. The summed E-state index contributed by atoms with van der Waals surface area (Å²) in [4.78, 5) is 11.0. The van der Waals surface area contributed by atoms with Crippen molar-refractivity contribution in [1.29, 1.82) is 0 Å². The van der Waals surface area contributed by atoms with Crippen molar-refractivity contribution in [2.45, 2.75) is 18.6 Å². The lowest BCUT2D eigenvalue weighted by Crippen LogP contribution is -2.36. The normalized spacial score (nSPS) is 20.2. The van der Waals surface area contributed by atoms with Crippen molar-refractivity contribution < 1.29 is 27.1 Å². The van der Waals surface area contributed by atoms with Crippen LogP contribution in [-0.4, -0.2) is 12.7 Å². The van der Waals surface area contributed by atoms with Crippen LogP contribution in [0.1, 0.15) is 23.6 Å². The molecule has 0 radical (unpaired) electrons. The van der Waals surface area contributed by atoms with Crippen LogP contribution >= 0.6 is 0 Å². The van der Waals surface area contributed by atoms with Crippen molar-refractivity contribution in [1.82, 2.24) is 5.32 Å². The molecule has 1 aromatic carbocycles. The average Bonchev–Trinajstić information content (AvgIpc) is 2.27. The van der Waals surface area contributed by atoms with E-state index in [9.17, 15) is 22.4 Å². The molecule has 18 heavy (non-hydrogen) atoms. The number of ether oxygens (including phenoxy) is 1. The van der Waals surface area contributed by atoms with E-state index in [1.165, 1.54) is 0 Å². The van der Waals surface area contributed by atoms with E-state index in [-0.39, 0.29) is 18.6 Å². The highest BCUT2D eigenvalue weighted by molar-refractivity contribution is 5.68. The van der Waals surface area contributed by atoms with Gasteiger partial charge in [0.2, 0.25) is 0 Å². The monoisotopic (exact) mass is 263 g/mol. The van der Waals surface area contributed by atoms with Gasteiger partial charge >= 0.3 is 12.3 Å². The van der Waals surface area contributed by atoms with Crippen LogP contribution < -0.4 is 5.32 Å². The van der Waals surface area contributed by atoms with Crippen LogP contribution in [0.4, 0.5) is 22.4 Å². The largest absolute Gasteiger partial charge is 0.449 e. The van der Waals surface area contributed by atoms with Gasteiger partial charge in [-0.1, -0.05) is 0 Å². The number of alkyl halides is 3. The van der Waals surface area contributed by atoms with Crippen molar-refractivity contribution in [2.24, 2.45) is 0 Å². The third kappa shape index (κ3) is 2.55. The molecule has 7 heteroatoms. The fourth-order valence-corrected chi connectivity index (χ4v) is 1.84. The molecule has 1 saturated heterocycles. The van der Waals surface area contributed by atoms with Crippen molar-refractivity contribution >= 4 is 6.09 Å². The van der Waals surface area contributed by atoms with Crippen LogP contribution in [0.5, 0.6) is 0 Å². The minimum atomic E-state index is -4.59. The highest BCUT2D eigenvalue weighted by Gasteiger charge is 2.36. The number of cyclic esters (lactones) is 1. The van der Waals surface area contributed by atoms with Gasteiger partial charge in [-0.25, -0.2) is 9.18 Å². The van der Waals surface area contributed by atoms with Gasteiger partial charge in [0.1, 0.15) is 5.82 Å². The zero-order valence-electron chi connectivity index (χ0n) is 9.05. The molecule has 0 bridgehead atoms. The number of rotatable bonds is 1. The lowest BCUT2D eigenvalue weighted by atomic mass is 9.97. The first-order valence-corrected chi connectivity index (χ1v) is 5.18. The Morgan fingerprint density at radius 3 is 2.67 bits per heavy atom. The Balaban J connectivity index is 2.41. The van der Waals surface area contributed by atoms with E-state index >= 15 is 0 Å². The zero-order valence-corrected chi connectivity index (χ0v) is 9.05. The van der Waals surface area contributed by atoms with Crippen molar-refractivity contribution in [2.75, 3.05) is 6.61 Å². The average molecular weight is 263 g/mol. The molecule has 1 atom stereocenters. The summed E-state index contributed by atoms with van der Waals surface area (Å²) < 4.78 is 55.9. The molecule has 1 aliphatic rings. The number of nitrogens with one attached hydrogen (secondary N) is 1. The summed E-state index contributed by atoms with van der Waals surface area (Å²) in [5.41, 5.74) is -1.23. The molecule has 0 aliphatic carbocycles. The molecule has 0 saturated carbocycles. The minimum Gasteiger partial charge on any atom is -0.449 e. The van der Waals surface area contributed by atoms with E-state index < -0.39 is 29.7 Å². The summed E-state index contributed by atoms with van der Waals surface area (Å²) in [5.74, 6) is -0.779. The first kappa shape index (κ1) is 12.7. The van der Waals surface area contributed by atoms with Crippen molar-refractivity contribution in [3.05, 3.63) is 35.1 Å². The van der Waals surface area contributed by atoms with Gasteiger partial charge < -0.3 is 10.1 Å². The predicted octanol–water partition coefficient (Wildman–Crippen LogP) is 3.02. The second-order valence-corrected chi connectivity index (χ2v) is 3.85. The first-order chi connectivity index (χ1) is 8.38. The molecule has 2 rings (SSSR count). The maximum atomic E-state index is 13.1. The summed E-state index contributed by atoms with van der Waals surface area (Å²) in [6, 6.07) is 1.32. The number of amides is 1. The first-order valence-electron chi connectivity index (χ1n) is 5.18. The van der Waals surface area contributed by atoms with E-state index in [0.29, 0.717) is 6.07 Å². The topological polar surface area (TPSA) is 38.3 Å². The molecular formula is C11H9F4NO2. The molecule has 1 N–H and O–H groups in total. The Morgan fingerprint density at radius 1 is 1.33 bits per heavy atom. The molecule has 0 unspecified atom stereocenters.